The van der Waals surface area contributed by atoms with Crippen molar-refractivity contribution in [3.8, 4) is 34.4 Å². The van der Waals surface area contributed by atoms with E-state index in [1.165, 1.54) is 0 Å². The number of hydrogen-bond donors (Lipinski definition) is 2. The minimum atomic E-state index is -0.285. The van der Waals surface area contributed by atoms with E-state index >= 15 is 0 Å². The third-order valence-corrected chi connectivity index (χ3v) is 7.48. The third-order valence-electron chi connectivity index (χ3n) is 7.48. The van der Waals surface area contributed by atoms with E-state index in [0.717, 1.165) is 16.7 Å². The molecule has 11 heteroatoms. The molecule has 210 valence electrons. The molecule has 0 aliphatic carbocycles. The minimum absolute atomic E-state index is 0.00908. The van der Waals surface area contributed by atoms with Crippen LogP contribution in [0, 0.1) is 0 Å². The lowest BCUT2D eigenvalue weighted by Gasteiger charge is -2.21. The Morgan fingerprint density at radius 3 is 2.78 bits per heavy atom. The summed E-state index contributed by atoms with van der Waals surface area (Å²) < 4.78 is 17.0. The molecule has 1 saturated heterocycles. The molecule has 11 nitrogen and oxygen atoms in total. The van der Waals surface area contributed by atoms with Crippen LogP contribution in [0.25, 0.3) is 11.4 Å². The van der Waals surface area contributed by atoms with Crippen molar-refractivity contribution in [2.75, 3.05) is 20.2 Å². The molecule has 0 spiro atoms. The molecule has 1 fully saturated rings. The molecule has 4 aromatic rings. The van der Waals surface area contributed by atoms with Crippen molar-refractivity contribution in [2.24, 2.45) is 0 Å². The van der Waals surface area contributed by atoms with E-state index in [2.05, 4.69) is 20.4 Å². The van der Waals surface area contributed by atoms with Gasteiger partial charge in [-0.05, 0) is 53.9 Å². The molecule has 2 atom stereocenters. The van der Waals surface area contributed by atoms with Crippen LogP contribution in [0.1, 0.15) is 35.8 Å². The Kier molecular flexibility index (Phi) is 7.24. The molecule has 6 rings (SSSR count). The lowest BCUT2D eigenvalue weighted by molar-refractivity contribution is -0.130. The summed E-state index contributed by atoms with van der Waals surface area (Å²) in [6.07, 6.45) is 4.53. The maximum absolute atomic E-state index is 13.3. The Labute approximate surface area is 236 Å². The molecule has 2 N–H and O–H groups in total. The normalized spacial score (nSPS) is 18.3. The predicted molar refractivity (Wildman–Crippen MR) is 147 cm³/mol. The van der Waals surface area contributed by atoms with Crippen LogP contribution in [-0.2, 0) is 22.4 Å². The fourth-order valence-corrected chi connectivity index (χ4v) is 5.29. The molecular formula is C30H29N5O6. The second-order valence-corrected chi connectivity index (χ2v) is 10.1. The average molecular weight is 556 g/mol. The van der Waals surface area contributed by atoms with Gasteiger partial charge in [0.05, 0.1) is 13.2 Å². The number of rotatable bonds is 5. The van der Waals surface area contributed by atoms with Gasteiger partial charge in [0.15, 0.2) is 23.0 Å². The summed E-state index contributed by atoms with van der Waals surface area (Å²) in [6, 6.07) is 13.9. The molecule has 2 aliphatic heterocycles. The van der Waals surface area contributed by atoms with Crippen molar-refractivity contribution in [3.63, 3.8) is 0 Å². The van der Waals surface area contributed by atoms with Crippen LogP contribution in [0.15, 0.2) is 65.4 Å². The number of nitrogens with one attached hydrogen (secondary N) is 1. The maximum Gasteiger partial charge on any atom is 0.227 e. The van der Waals surface area contributed by atoms with Crippen LogP contribution in [0.4, 0.5) is 0 Å². The van der Waals surface area contributed by atoms with Gasteiger partial charge in [-0.3, -0.25) is 14.6 Å². The highest BCUT2D eigenvalue weighted by molar-refractivity contribution is 5.79. The number of hydrogen-bond acceptors (Lipinski definition) is 9. The van der Waals surface area contributed by atoms with Gasteiger partial charge in [0.1, 0.15) is 0 Å². The number of fused-ring (bicyclic) bond motifs is 6. The van der Waals surface area contributed by atoms with Gasteiger partial charge in [-0.15, -0.1) is 0 Å². The van der Waals surface area contributed by atoms with Crippen molar-refractivity contribution in [1.29, 1.82) is 0 Å². The van der Waals surface area contributed by atoms with Gasteiger partial charge in [-0.25, -0.2) is 0 Å². The zero-order chi connectivity index (χ0) is 28.3. The SMILES string of the molecule is COc1ccc2cc1Oc1cc(ccc1O)CCC(=O)N[C@@H]1CN(C(=O)CCc3nc(-c4ccncc4)no3)C[C@@H]21. The summed E-state index contributed by atoms with van der Waals surface area (Å²) in [7, 11) is 1.55. The van der Waals surface area contributed by atoms with E-state index < -0.39 is 0 Å². The third kappa shape index (κ3) is 5.69. The Morgan fingerprint density at radius 2 is 1.95 bits per heavy atom. The van der Waals surface area contributed by atoms with Crippen LogP contribution in [0.5, 0.6) is 23.0 Å². The number of methoxy groups -OCH3 is 1. The number of likely N-dealkylation sites (tertiary alicyclic amines) is 1. The van der Waals surface area contributed by atoms with E-state index in [9.17, 15) is 14.7 Å². The fraction of sp³-hybridized carbons (Fsp3) is 0.300. The second-order valence-electron chi connectivity index (χ2n) is 10.1. The fourth-order valence-electron chi connectivity index (χ4n) is 5.29. The molecule has 0 unspecified atom stereocenters. The number of carbonyl (C=O) groups excluding carboxylic acids is 2. The van der Waals surface area contributed by atoms with Gasteiger partial charge in [0.25, 0.3) is 0 Å². The molecule has 2 aromatic carbocycles. The smallest absolute Gasteiger partial charge is 0.227 e. The van der Waals surface area contributed by atoms with E-state index in [-0.39, 0.29) is 48.1 Å². The molecule has 0 radical (unpaired) electrons. The number of amides is 2. The number of benzene rings is 2. The first-order valence-corrected chi connectivity index (χ1v) is 13.4. The molecule has 2 aliphatic rings. The number of aromatic hydroxyl groups is 1. The van der Waals surface area contributed by atoms with E-state index in [0.29, 0.717) is 49.1 Å². The van der Waals surface area contributed by atoms with Crippen LogP contribution in [0.2, 0.25) is 0 Å². The quantitative estimate of drug-likeness (QED) is 0.378. The number of phenolic OH excluding ortho intramolecular Hbond substituents is 1. The van der Waals surface area contributed by atoms with Gasteiger partial charge in [0, 0.05) is 56.2 Å². The van der Waals surface area contributed by atoms with Gasteiger partial charge < -0.3 is 29.3 Å². The number of carbonyl (C=O) groups is 2. The highest BCUT2D eigenvalue weighted by Gasteiger charge is 2.37. The van der Waals surface area contributed by atoms with Crippen LogP contribution in [-0.4, -0.2) is 63.2 Å². The molecule has 41 heavy (non-hydrogen) atoms. The van der Waals surface area contributed by atoms with Crippen LogP contribution < -0.4 is 14.8 Å². The lowest BCUT2D eigenvalue weighted by Crippen LogP contribution is -2.40. The summed E-state index contributed by atoms with van der Waals surface area (Å²) in [6.45, 7) is 0.790. The largest absolute Gasteiger partial charge is 0.504 e. The number of aryl methyl sites for hydroxylation is 2. The van der Waals surface area contributed by atoms with Crippen molar-refractivity contribution < 1.29 is 28.7 Å². The molecule has 4 heterocycles. The minimum Gasteiger partial charge on any atom is -0.504 e. The highest BCUT2D eigenvalue weighted by Crippen LogP contribution is 2.40. The Hall–Kier alpha value is -4.93. The van der Waals surface area contributed by atoms with E-state index in [1.807, 2.05) is 12.1 Å². The summed E-state index contributed by atoms with van der Waals surface area (Å²) >= 11 is 0. The predicted octanol–water partition coefficient (Wildman–Crippen LogP) is 3.63. The number of phenols is 1. The molecule has 0 saturated carbocycles. The molecular weight excluding hydrogens is 526 g/mol. The summed E-state index contributed by atoms with van der Waals surface area (Å²) in [5.74, 6) is 1.70. The highest BCUT2D eigenvalue weighted by atomic mass is 16.5. The van der Waals surface area contributed by atoms with Crippen molar-refractivity contribution >= 4 is 11.8 Å². The zero-order valence-electron chi connectivity index (χ0n) is 22.4. The zero-order valence-corrected chi connectivity index (χ0v) is 22.4. The number of aromatic nitrogens is 3. The van der Waals surface area contributed by atoms with Crippen LogP contribution >= 0.6 is 0 Å². The topological polar surface area (TPSA) is 140 Å². The second kappa shape index (κ2) is 11.3. The Bertz CT molecular complexity index is 1570. The molecule has 2 amide bonds. The summed E-state index contributed by atoms with van der Waals surface area (Å²) in [5, 5.41) is 17.6. The summed E-state index contributed by atoms with van der Waals surface area (Å²) in [5.41, 5.74) is 2.53. The Morgan fingerprint density at radius 1 is 1.10 bits per heavy atom. The first kappa shape index (κ1) is 26.3. The van der Waals surface area contributed by atoms with Crippen molar-refractivity contribution in [1.82, 2.24) is 25.3 Å². The first-order chi connectivity index (χ1) is 20.0. The van der Waals surface area contributed by atoms with Gasteiger partial charge >= 0.3 is 0 Å². The maximum atomic E-state index is 13.3. The Balaban J connectivity index is 1.21. The lowest BCUT2D eigenvalue weighted by atomic mass is 9.93. The monoisotopic (exact) mass is 555 g/mol. The average Bonchev–Trinajstić information content (AvgIpc) is 3.64. The molecule has 2 aromatic heterocycles. The number of pyridine rings is 1. The molecule has 4 bridgehead atoms. The number of nitrogens with zero attached hydrogens (tertiary/aromatic N) is 4. The van der Waals surface area contributed by atoms with Gasteiger partial charge in [0.2, 0.25) is 23.5 Å². The van der Waals surface area contributed by atoms with Gasteiger partial charge in [-0.2, -0.15) is 4.98 Å². The van der Waals surface area contributed by atoms with E-state index in [4.69, 9.17) is 14.0 Å². The van der Waals surface area contributed by atoms with Gasteiger partial charge in [-0.1, -0.05) is 17.3 Å². The van der Waals surface area contributed by atoms with Crippen LogP contribution in [0.3, 0.4) is 0 Å². The number of ether oxygens (including phenoxy) is 2. The standard InChI is InChI=1S/C30H29N5O6/c1-39-24-6-4-20-15-26(24)40-25-14-18(2-5-23(25)36)3-7-27(37)32-22-17-35(16-21(20)22)29(38)9-8-28-33-30(34-41-28)19-10-12-31-13-11-19/h2,4-6,10-15,21-22,36H,3,7-9,16-17H2,1H3,(H,32,37)/t21-,22+/m0/s1. The first-order valence-electron chi connectivity index (χ1n) is 13.4. The summed E-state index contributed by atoms with van der Waals surface area (Å²) in [4.78, 5) is 36.4. The van der Waals surface area contributed by atoms with Crippen molar-refractivity contribution in [2.45, 2.75) is 37.6 Å². The van der Waals surface area contributed by atoms with E-state index in [1.54, 1.807) is 60.8 Å². The van der Waals surface area contributed by atoms with Crippen molar-refractivity contribution in [3.05, 3.63) is 77.9 Å².